The number of fused-ring (bicyclic) bond motifs is 2. The number of nitrogens with one attached hydrogen (secondary N) is 1. The molecule has 2 bridgehead atoms. The van der Waals surface area contributed by atoms with Crippen LogP contribution < -0.4 is 5.32 Å². The Balaban J connectivity index is 1.59. The molecule has 11 heteroatoms. The lowest BCUT2D eigenvalue weighted by Crippen LogP contribution is -2.44. The van der Waals surface area contributed by atoms with Crippen LogP contribution in [0.3, 0.4) is 0 Å². The van der Waals surface area contributed by atoms with E-state index in [2.05, 4.69) is 36.1 Å². The van der Waals surface area contributed by atoms with Crippen LogP contribution in [-0.2, 0) is 16.0 Å². The van der Waals surface area contributed by atoms with Crippen molar-refractivity contribution in [3.63, 3.8) is 0 Å². The molecule has 172 valence electrons. The molecule has 7 nitrogen and oxygen atoms in total. The van der Waals surface area contributed by atoms with Crippen molar-refractivity contribution in [1.29, 1.82) is 0 Å². The monoisotopic (exact) mass is 460 g/mol. The van der Waals surface area contributed by atoms with Crippen LogP contribution in [0.4, 0.5) is 19.1 Å². The Hall–Kier alpha value is -1.91. The van der Waals surface area contributed by atoms with Gasteiger partial charge in [-0.3, -0.25) is 4.79 Å². The smallest absolute Gasteiger partial charge is 0.351 e. The van der Waals surface area contributed by atoms with E-state index >= 15 is 0 Å². The van der Waals surface area contributed by atoms with E-state index in [9.17, 15) is 26.4 Å². The van der Waals surface area contributed by atoms with Crippen molar-refractivity contribution >= 4 is 21.7 Å². The summed E-state index contributed by atoms with van der Waals surface area (Å²) in [5.41, 5.74) is -1.96. The number of alkyl halides is 3. The zero-order valence-corrected chi connectivity index (χ0v) is 18.6. The molecule has 1 N–H and O–H groups in total. The minimum atomic E-state index is -4.84. The Kier molecular flexibility index (Phi) is 5.07. The molecule has 1 unspecified atom stereocenters. The van der Waals surface area contributed by atoms with Crippen LogP contribution in [-0.4, -0.2) is 59.8 Å². The average Bonchev–Trinajstić information content (AvgIpc) is 3.00. The Bertz CT molecular complexity index is 997. The number of aromatic nitrogens is 2. The number of hydrogen-bond donors (Lipinski definition) is 1. The summed E-state index contributed by atoms with van der Waals surface area (Å²) in [6.45, 7) is 6.28. The molecule has 1 aliphatic heterocycles. The van der Waals surface area contributed by atoms with Gasteiger partial charge in [-0.1, -0.05) is 20.8 Å². The number of sulfone groups is 1. The second-order valence-electron chi connectivity index (χ2n) is 9.71. The standard InChI is InChI=1S/C20H27F3N4O3S/c1-18(2)12-4-5-19(18,3)14(10-12)25-17-24-11-13(15(26-17)20(21,22)23)16(28)27-6-8-31(29,30)9-7-27/h11-12,14H,4-10H2,1-3H3,(H,24,25,26)/t12-,14+,19?/m1/s1. The molecule has 0 radical (unpaired) electrons. The molecule has 1 aromatic rings. The van der Waals surface area contributed by atoms with Gasteiger partial charge in [0.15, 0.2) is 15.5 Å². The molecule has 0 aromatic carbocycles. The van der Waals surface area contributed by atoms with Gasteiger partial charge < -0.3 is 10.2 Å². The van der Waals surface area contributed by atoms with Crippen LogP contribution in [0.2, 0.25) is 0 Å². The van der Waals surface area contributed by atoms with Crippen LogP contribution in [0.1, 0.15) is 56.1 Å². The molecule has 1 amide bonds. The highest BCUT2D eigenvalue weighted by Crippen LogP contribution is 2.65. The molecule has 2 saturated carbocycles. The summed E-state index contributed by atoms with van der Waals surface area (Å²) in [5.74, 6) is -1.08. The number of carbonyl (C=O) groups excluding carboxylic acids is 1. The van der Waals surface area contributed by atoms with Gasteiger partial charge in [-0.2, -0.15) is 13.2 Å². The van der Waals surface area contributed by atoms with E-state index in [-0.39, 0.29) is 47.4 Å². The Morgan fingerprint density at radius 2 is 1.87 bits per heavy atom. The van der Waals surface area contributed by atoms with Gasteiger partial charge in [0.05, 0.1) is 17.1 Å². The maximum atomic E-state index is 13.8. The zero-order chi connectivity index (χ0) is 22.8. The third-order valence-corrected chi connectivity index (χ3v) is 9.63. The fourth-order valence-electron chi connectivity index (χ4n) is 5.49. The van der Waals surface area contributed by atoms with Gasteiger partial charge in [0.25, 0.3) is 5.91 Å². The van der Waals surface area contributed by atoms with E-state index in [4.69, 9.17) is 0 Å². The highest BCUT2D eigenvalue weighted by Gasteiger charge is 2.61. The maximum Gasteiger partial charge on any atom is 0.434 e. The highest BCUT2D eigenvalue weighted by molar-refractivity contribution is 7.91. The Morgan fingerprint density at radius 3 is 2.39 bits per heavy atom. The van der Waals surface area contributed by atoms with Crippen LogP contribution in [0.25, 0.3) is 0 Å². The van der Waals surface area contributed by atoms with E-state index < -0.39 is 33.2 Å². The molecule has 3 atom stereocenters. The van der Waals surface area contributed by atoms with Crippen molar-refractivity contribution in [3.05, 3.63) is 17.5 Å². The minimum Gasteiger partial charge on any atom is -0.351 e. The van der Waals surface area contributed by atoms with E-state index in [0.29, 0.717) is 5.92 Å². The number of hydrogen-bond acceptors (Lipinski definition) is 6. The number of amides is 1. The highest BCUT2D eigenvalue weighted by atomic mass is 32.2. The number of halogens is 3. The molecular weight excluding hydrogens is 433 g/mol. The molecule has 31 heavy (non-hydrogen) atoms. The number of nitrogens with zero attached hydrogens (tertiary/aromatic N) is 3. The van der Waals surface area contributed by atoms with Crippen molar-refractivity contribution < 1.29 is 26.4 Å². The normalized spacial score (nSPS) is 31.6. The van der Waals surface area contributed by atoms with Gasteiger partial charge in [0.1, 0.15) is 0 Å². The zero-order valence-electron chi connectivity index (χ0n) is 17.8. The number of rotatable bonds is 3. The van der Waals surface area contributed by atoms with Crippen LogP contribution in [0, 0.1) is 16.7 Å². The van der Waals surface area contributed by atoms with Crippen molar-refractivity contribution in [1.82, 2.24) is 14.9 Å². The summed E-state index contributed by atoms with van der Waals surface area (Å²) in [6, 6.07) is -0.0452. The Morgan fingerprint density at radius 1 is 1.23 bits per heavy atom. The summed E-state index contributed by atoms with van der Waals surface area (Å²) in [4.78, 5) is 21.6. The van der Waals surface area contributed by atoms with E-state index in [1.807, 2.05) is 0 Å². The van der Waals surface area contributed by atoms with E-state index in [1.54, 1.807) is 0 Å². The third kappa shape index (κ3) is 3.68. The second kappa shape index (κ2) is 7.05. The number of anilines is 1. The molecule has 2 heterocycles. The summed E-state index contributed by atoms with van der Waals surface area (Å²) in [6.07, 6.45) is -0.996. The van der Waals surface area contributed by atoms with Gasteiger partial charge in [0, 0.05) is 25.3 Å². The first kappa shape index (κ1) is 22.3. The van der Waals surface area contributed by atoms with E-state index in [0.717, 1.165) is 30.4 Å². The van der Waals surface area contributed by atoms with Crippen LogP contribution in [0.15, 0.2) is 6.20 Å². The maximum absolute atomic E-state index is 13.8. The Labute approximate surface area is 179 Å². The van der Waals surface area contributed by atoms with Gasteiger partial charge in [-0.05, 0) is 36.0 Å². The summed E-state index contributed by atoms with van der Waals surface area (Å²) in [5, 5.41) is 3.11. The fraction of sp³-hybridized carbons (Fsp3) is 0.750. The summed E-state index contributed by atoms with van der Waals surface area (Å²) >= 11 is 0. The predicted octanol–water partition coefficient (Wildman–Crippen LogP) is 2.99. The summed E-state index contributed by atoms with van der Waals surface area (Å²) < 4.78 is 64.4. The van der Waals surface area contributed by atoms with Crippen LogP contribution >= 0.6 is 0 Å². The lowest BCUT2D eigenvalue weighted by molar-refractivity contribution is -0.141. The lowest BCUT2D eigenvalue weighted by atomic mass is 9.69. The molecule has 2 aliphatic carbocycles. The van der Waals surface area contributed by atoms with Gasteiger partial charge in [-0.15, -0.1) is 0 Å². The quantitative estimate of drug-likeness (QED) is 0.746. The van der Waals surface area contributed by atoms with Gasteiger partial charge in [-0.25, -0.2) is 18.4 Å². The van der Waals surface area contributed by atoms with Crippen molar-refractivity contribution in [2.24, 2.45) is 16.7 Å². The lowest BCUT2D eigenvalue weighted by Gasteiger charge is -2.39. The first-order valence-electron chi connectivity index (χ1n) is 10.4. The summed E-state index contributed by atoms with van der Waals surface area (Å²) in [7, 11) is -3.27. The van der Waals surface area contributed by atoms with Gasteiger partial charge in [0.2, 0.25) is 5.95 Å². The molecular formula is C20H27F3N4O3S. The first-order chi connectivity index (χ1) is 14.2. The number of carbonyl (C=O) groups is 1. The second-order valence-corrected chi connectivity index (χ2v) is 12.0. The van der Waals surface area contributed by atoms with Crippen molar-refractivity contribution in [2.75, 3.05) is 29.9 Å². The third-order valence-electron chi connectivity index (χ3n) is 8.02. The SMILES string of the molecule is CC1(C)[C@@H]2CCC1(C)[C@@H](Nc1ncc(C(=O)N3CCS(=O)(=O)CC3)c(C(F)(F)F)n1)C2. The largest absolute Gasteiger partial charge is 0.434 e. The minimum absolute atomic E-state index is 0.0452. The van der Waals surface area contributed by atoms with E-state index in [1.165, 1.54) is 0 Å². The fourth-order valence-corrected chi connectivity index (χ4v) is 6.69. The van der Waals surface area contributed by atoms with Crippen molar-refractivity contribution in [3.8, 4) is 0 Å². The molecule has 1 aromatic heterocycles. The average molecular weight is 461 g/mol. The first-order valence-corrected chi connectivity index (χ1v) is 12.3. The molecule has 0 spiro atoms. The van der Waals surface area contributed by atoms with Crippen LogP contribution in [0.5, 0.6) is 0 Å². The molecule has 3 fully saturated rings. The van der Waals surface area contributed by atoms with Crippen molar-refractivity contribution in [2.45, 2.75) is 52.3 Å². The topological polar surface area (TPSA) is 92.3 Å². The molecule has 1 saturated heterocycles. The predicted molar refractivity (Wildman–Crippen MR) is 108 cm³/mol. The van der Waals surface area contributed by atoms with Gasteiger partial charge >= 0.3 is 6.18 Å². The molecule has 4 rings (SSSR count). The molecule has 3 aliphatic rings.